The number of rotatable bonds is 7. The van der Waals surface area contributed by atoms with E-state index in [9.17, 15) is 4.79 Å². The number of ketones is 1. The lowest BCUT2D eigenvalue weighted by atomic mass is 9.88. The minimum atomic E-state index is 0.0247. The van der Waals surface area contributed by atoms with E-state index in [0.29, 0.717) is 12.2 Å². The number of piperidine rings is 1. The molecule has 122 valence electrons. The van der Waals surface area contributed by atoms with Crippen molar-refractivity contribution in [1.82, 2.24) is 10.2 Å². The van der Waals surface area contributed by atoms with Crippen LogP contribution in [0.3, 0.4) is 0 Å². The molecule has 0 aromatic carbocycles. The third-order valence-electron chi connectivity index (χ3n) is 4.31. The SMILES string of the molecule is CC(C)(C)N1CCC(C(=O)CCCCCNC(=N)N)CC1. The zero-order valence-electron chi connectivity index (χ0n) is 13.9. The van der Waals surface area contributed by atoms with E-state index in [0.717, 1.165) is 51.7 Å². The molecule has 0 bridgehead atoms. The lowest BCUT2D eigenvalue weighted by Gasteiger charge is -2.40. The molecule has 1 heterocycles. The second kappa shape index (κ2) is 8.37. The maximum Gasteiger partial charge on any atom is 0.185 e. The first-order chi connectivity index (χ1) is 9.80. The summed E-state index contributed by atoms with van der Waals surface area (Å²) in [6, 6.07) is 0. The molecule has 0 atom stereocenters. The quantitative estimate of drug-likeness (QED) is 0.382. The Hall–Kier alpha value is -1.10. The number of guanidine groups is 1. The zero-order valence-corrected chi connectivity index (χ0v) is 13.9. The predicted octanol–water partition coefficient (Wildman–Crippen LogP) is 2.11. The number of hydrogen-bond donors (Lipinski definition) is 3. The molecule has 0 spiro atoms. The van der Waals surface area contributed by atoms with Gasteiger partial charge in [0, 0.05) is 24.4 Å². The van der Waals surface area contributed by atoms with Crippen LogP contribution in [0.5, 0.6) is 0 Å². The van der Waals surface area contributed by atoms with Crippen molar-refractivity contribution in [3.8, 4) is 0 Å². The Kier molecular flexibility index (Phi) is 7.15. The largest absolute Gasteiger partial charge is 0.370 e. The Morgan fingerprint density at radius 3 is 2.38 bits per heavy atom. The lowest BCUT2D eigenvalue weighted by molar-refractivity contribution is -0.124. The summed E-state index contributed by atoms with van der Waals surface area (Å²) in [6.45, 7) is 9.54. The second-order valence-corrected chi connectivity index (χ2v) is 7.05. The molecule has 4 N–H and O–H groups in total. The van der Waals surface area contributed by atoms with Crippen LogP contribution in [0.1, 0.15) is 59.3 Å². The van der Waals surface area contributed by atoms with Crippen LogP contribution >= 0.6 is 0 Å². The Bertz CT molecular complexity index is 341. The first kappa shape index (κ1) is 18.0. The van der Waals surface area contributed by atoms with Gasteiger partial charge < -0.3 is 11.1 Å². The van der Waals surface area contributed by atoms with Crippen LogP contribution in [0.25, 0.3) is 0 Å². The first-order valence-corrected chi connectivity index (χ1v) is 8.16. The van der Waals surface area contributed by atoms with Crippen LogP contribution in [0.2, 0.25) is 0 Å². The van der Waals surface area contributed by atoms with Crippen molar-refractivity contribution >= 4 is 11.7 Å². The molecular weight excluding hydrogens is 264 g/mol. The summed E-state index contributed by atoms with van der Waals surface area (Å²) < 4.78 is 0. The highest BCUT2D eigenvalue weighted by atomic mass is 16.1. The fourth-order valence-electron chi connectivity index (χ4n) is 2.90. The number of likely N-dealkylation sites (tertiary alicyclic amines) is 1. The van der Waals surface area contributed by atoms with Gasteiger partial charge in [-0.05, 0) is 59.5 Å². The molecule has 1 aliphatic heterocycles. The average Bonchev–Trinajstić information content (AvgIpc) is 2.41. The maximum absolute atomic E-state index is 12.2. The minimum absolute atomic E-state index is 0.0247. The van der Waals surface area contributed by atoms with Gasteiger partial charge in [-0.3, -0.25) is 15.1 Å². The van der Waals surface area contributed by atoms with Gasteiger partial charge in [0.15, 0.2) is 5.96 Å². The van der Waals surface area contributed by atoms with Crippen LogP contribution in [-0.2, 0) is 4.79 Å². The maximum atomic E-state index is 12.2. The highest BCUT2D eigenvalue weighted by Gasteiger charge is 2.29. The molecule has 5 heteroatoms. The number of unbranched alkanes of at least 4 members (excludes halogenated alkanes) is 2. The van der Waals surface area contributed by atoms with Crippen molar-refractivity contribution in [1.29, 1.82) is 5.41 Å². The predicted molar refractivity (Wildman–Crippen MR) is 87.4 cm³/mol. The molecule has 0 radical (unpaired) electrons. The number of nitrogens with one attached hydrogen (secondary N) is 2. The van der Waals surface area contributed by atoms with Gasteiger partial charge in [0.05, 0.1) is 0 Å². The van der Waals surface area contributed by atoms with Crippen LogP contribution < -0.4 is 11.1 Å². The molecule has 0 aromatic rings. The van der Waals surface area contributed by atoms with Crippen LogP contribution in [0.15, 0.2) is 0 Å². The Labute approximate surface area is 129 Å². The van der Waals surface area contributed by atoms with E-state index in [2.05, 4.69) is 31.0 Å². The van der Waals surface area contributed by atoms with Gasteiger partial charge in [0.1, 0.15) is 5.78 Å². The summed E-state index contributed by atoms with van der Waals surface area (Å²) in [6.07, 6.45) is 5.68. The molecule has 0 saturated carbocycles. The average molecular weight is 296 g/mol. The molecule has 0 amide bonds. The second-order valence-electron chi connectivity index (χ2n) is 7.05. The van der Waals surface area contributed by atoms with Crippen molar-refractivity contribution < 1.29 is 4.79 Å². The third-order valence-corrected chi connectivity index (χ3v) is 4.31. The summed E-state index contributed by atoms with van der Waals surface area (Å²) in [5.74, 6) is 0.749. The molecule has 1 aliphatic rings. The van der Waals surface area contributed by atoms with E-state index >= 15 is 0 Å². The lowest BCUT2D eigenvalue weighted by Crippen LogP contribution is -2.47. The summed E-state index contributed by atoms with van der Waals surface area (Å²) >= 11 is 0. The Balaban J connectivity index is 2.13. The molecule has 0 aliphatic carbocycles. The Morgan fingerprint density at radius 2 is 1.86 bits per heavy atom. The van der Waals surface area contributed by atoms with E-state index in [-0.39, 0.29) is 17.4 Å². The van der Waals surface area contributed by atoms with Crippen LogP contribution in [-0.4, -0.2) is 41.8 Å². The third kappa shape index (κ3) is 6.93. The number of hydrogen-bond acceptors (Lipinski definition) is 3. The summed E-state index contributed by atoms with van der Waals surface area (Å²) in [5, 5.41) is 9.83. The molecule has 1 rings (SSSR count). The van der Waals surface area contributed by atoms with Gasteiger partial charge >= 0.3 is 0 Å². The molecule has 5 nitrogen and oxygen atoms in total. The van der Waals surface area contributed by atoms with Gasteiger partial charge in [-0.2, -0.15) is 0 Å². The van der Waals surface area contributed by atoms with Gasteiger partial charge in [0.25, 0.3) is 0 Å². The summed E-state index contributed by atoms with van der Waals surface area (Å²) in [7, 11) is 0. The number of Topliss-reactive ketones (excluding diaryl/α,β-unsaturated/α-hetero) is 1. The molecule has 0 unspecified atom stereocenters. The standard InChI is InChI=1S/C16H32N4O/c1-16(2,3)20-11-8-13(9-12-20)14(21)7-5-4-6-10-19-15(17)18/h13H,4-12H2,1-3H3,(H4,17,18,19). The monoisotopic (exact) mass is 296 g/mol. The van der Waals surface area contributed by atoms with E-state index in [1.807, 2.05) is 0 Å². The van der Waals surface area contributed by atoms with Gasteiger partial charge in [-0.1, -0.05) is 6.42 Å². The number of carbonyl (C=O) groups is 1. The van der Waals surface area contributed by atoms with Gasteiger partial charge in [0.2, 0.25) is 0 Å². The number of nitrogens with zero attached hydrogens (tertiary/aromatic N) is 1. The highest BCUT2D eigenvalue weighted by molar-refractivity contribution is 5.81. The zero-order chi connectivity index (χ0) is 15.9. The fraction of sp³-hybridized carbons (Fsp3) is 0.875. The van der Waals surface area contributed by atoms with E-state index < -0.39 is 0 Å². The van der Waals surface area contributed by atoms with Crippen molar-refractivity contribution in [3.63, 3.8) is 0 Å². The van der Waals surface area contributed by atoms with Crippen LogP contribution in [0, 0.1) is 11.3 Å². The molecule has 1 saturated heterocycles. The van der Waals surface area contributed by atoms with E-state index in [1.54, 1.807) is 0 Å². The van der Waals surface area contributed by atoms with Crippen molar-refractivity contribution in [2.45, 2.75) is 64.8 Å². The Morgan fingerprint density at radius 1 is 1.24 bits per heavy atom. The minimum Gasteiger partial charge on any atom is -0.370 e. The topological polar surface area (TPSA) is 82.2 Å². The smallest absolute Gasteiger partial charge is 0.185 e. The van der Waals surface area contributed by atoms with E-state index in [4.69, 9.17) is 11.1 Å². The molecular formula is C16H32N4O. The highest BCUT2D eigenvalue weighted by Crippen LogP contribution is 2.25. The molecule has 21 heavy (non-hydrogen) atoms. The normalized spacial score (nSPS) is 17.7. The molecule has 1 fully saturated rings. The fourth-order valence-corrected chi connectivity index (χ4v) is 2.90. The summed E-state index contributed by atoms with van der Waals surface area (Å²) in [4.78, 5) is 14.7. The molecule has 0 aromatic heterocycles. The van der Waals surface area contributed by atoms with Gasteiger partial charge in [-0.15, -0.1) is 0 Å². The number of carbonyl (C=O) groups excluding carboxylic acids is 1. The van der Waals surface area contributed by atoms with Crippen LogP contribution in [0.4, 0.5) is 0 Å². The van der Waals surface area contributed by atoms with Gasteiger partial charge in [-0.25, -0.2) is 0 Å². The van der Waals surface area contributed by atoms with Crippen molar-refractivity contribution in [2.24, 2.45) is 11.7 Å². The van der Waals surface area contributed by atoms with E-state index in [1.165, 1.54) is 0 Å². The van der Waals surface area contributed by atoms with Crippen molar-refractivity contribution in [3.05, 3.63) is 0 Å². The van der Waals surface area contributed by atoms with Crippen molar-refractivity contribution in [2.75, 3.05) is 19.6 Å². The number of nitrogens with two attached hydrogens (primary N) is 1. The summed E-state index contributed by atoms with van der Waals surface area (Å²) in [5.41, 5.74) is 5.43. The first-order valence-electron chi connectivity index (χ1n) is 8.16.